The summed E-state index contributed by atoms with van der Waals surface area (Å²) in [7, 11) is 1.83. The van der Waals surface area contributed by atoms with Crippen molar-refractivity contribution in [3.8, 4) is 0 Å². The molecular formula is C11H14FNO. The van der Waals surface area contributed by atoms with Crippen LogP contribution in [-0.4, -0.2) is 19.4 Å². The van der Waals surface area contributed by atoms with Crippen LogP contribution in [0.3, 0.4) is 0 Å². The minimum Gasteiger partial charge on any atom is -0.320 e. The summed E-state index contributed by atoms with van der Waals surface area (Å²) >= 11 is 0. The zero-order valence-electron chi connectivity index (χ0n) is 8.22. The maximum absolute atomic E-state index is 13.1. The van der Waals surface area contributed by atoms with Crippen LogP contribution < -0.4 is 5.32 Å². The smallest absolute Gasteiger partial charge is 0.165 e. The number of carbonyl (C=O) groups excluding carboxylic acids is 1. The molecule has 1 rings (SSSR count). The van der Waals surface area contributed by atoms with Crippen molar-refractivity contribution in [2.24, 2.45) is 0 Å². The van der Waals surface area contributed by atoms with Crippen molar-refractivity contribution in [1.82, 2.24) is 5.32 Å². The Morgan fingerprint density at radius 2 is 2.14 bits per heavy atom. The molecule has 0 fully saturated rings. The molecule has 0 bridgehead atoms. The van der Waals surface area contributed by atoms with Gasteiger partial charge in [0.05, 0.1) is 5.56 Å². The molecule has 0 spiro atoms. The van der Waals surface area contributed by atoms with E-state index in [9.17, 15) is 9.18 Å². The molecule has 0 saturated carbocycles. The fourth-order valence-electron chi connectivity index (χ4n) is 1.25. The Morgan fingerprint density at radius 1 is 1.43 bits per heavy atom. The number of carbonyl (C=O) groups is 1. The van der Waals surface area contributed by atoms with Crippen LogP contribution in [0, 0.1) is 5.82 Å². The lowest BCUT2D eigenvalue weighted by Gasteiger charge is -2.01. The first-order chi connectivity index (χ1) is 6.75. The van der Waals surface area contributed by atoms with Gasteiger partial charge in [0.2, 0.25) is 0 Å². The SMILES string of the molecule is CNCCCC(=O)c1ccccc1F. The first-order valence-corrected chi connectivity index (χ1v) is 4.68. The van der Waals surface area contributed by atoms with Gasteiger partial charge in [0.1, 0.15) is 5.82 Å². The molecule has 0 heterocycles. The quantitative estimate of drug-likeness (QED) is 0.575. The molecule has 0 aliphatic heterocycles. The van der Waals surface area contributed by atoms with Crippen molar-refractivity contribution in [3.05, 3.63) is 35.6 Å². The molecule has 3 heteroatoms. The third-order valence-corrected chi connectivity index (χ3v) is 2.00. The maximum atomic E-state index is 13.1. The van der Waals surface area contributed by atoms with E-state index in [4.69, 9.17) is 0 Å². The van der Waals surface area contributed by atoms with Crippen LogP contribution in [0.4, 0.5) is 4.39 Å². The lowest BCUT2D eigenvalue weighted by Crippen LogP contribution is -2.10. The second kappa shape index (κ2) is 5.50. The Bertz CT molecular complexity index is 312. The van der Waals surface area contributed by atoms with Crippen LogP contribution in [0.25, 0.3) is 0 Å². The van der Waals surface area contributed by atoms with Crippen LogP contribution >= 0.6 is 0 Å². The lowest BCUT2D eigenvalue weighted by atomic mass is 10.1. The van der Waals surface area contributed by atoms with Gasteiger partial charge in [-0.2, -0.15) is 0 Å². The largest absolute Gasteiger partial charge is 0.320 e. The highest BCUT2D eigenvalue weighted by atomic mass is 19.1. The van der Waals surface area contributed by atoms with Gasteiger partial charge in [0.15, 0.2) is 5.78 Å². The van der Waals surface area contributed by atoms with E-state index in [1.54, 1.807) is 12.1 Å². The third-order valence-electron chi connectivity index (χ3n) is 2.00. The van der Waals surface area contributed by atoms with Gasteiger partial charge in [-0.25, -0.2) is 4.39 Å². The summed E-state index contributed by atoms with van der Waals surface area (Å²) in [5, 5.41) is 2.94. The number of ketones is 1. The molecule has 0 aromatic heterocycles. The first kappa shape index (κ1) is 10.9. The molecule has 0 atom stereocenters. The van der Waals surface area contributed by atoms with E-state index in [0.29, 0.717) is 6.42 Å². The van der Waals surface area contributed by atoms with Gasteiger partial charge in [0.25, 0.3) is 0 Å². The fraction of sp³-hybridized carbons (Fsp3) is 0.364. The predicted molar refractivity (Wildman–Crippen MR) is 53.9 cm³/mol. The topological polar surface area (TPSA) is 29.1 Å². The van der Waals surface area contributed by atoms with E-state index in [1.807, 2.05) is 7.05 Å². The molecule has 1 aromatic carbocycles. The Morgan fingerprint density at radius 3 is 2.79 bits per heavy atom. The van der Waals surface area contributed by atoms with E-state index in [-0.39, 0.29) is 11.3 Å². The molecule has 0 unspecified atom stereocenters. The van der Waals surface area contributed by atoms with Crippen LogP contribution in [0.5, 0.6) is 0 Å². The molecule has 1 aromatic rings. The molecule has 0 saturated heterocycles. The van der Waals surface area contributed by atoms with Crippen molar-refractivity contribution >= 4 is 5.78 Å². The summed E-state index contributed by atoms with van der Waals surface area (Å²) in [6.45, 7) is 0.778. The normalized spacial score (nSPS) is 10.1. The van der Waals surface area contributed by atoms with Gasteiger partial charge in [-0.05, 0) is 32.1 Å². The Kier molecular flexibility index (Phi) is 4.26. The summed E-state index contributed by atoms with van der Waals surface area (Å²) in [5.74, 6) is -0.555. The zero-order valence-corrected chi connectivity index (χ0v) is 8.22. The Balaban J connectivity index is 2.56. The summed E-state index contributed by atoms with van der Waals surface area (Å²) in [6.07, 6.45) is 1.13. The number of benzene rings is 1. The summed E-state index contributed by atoms with van der Waals surface area (Å²) in [6, 6.07) is 6.09. The lowest BCUT2D eigenvalue weighted by molar-refractivity contribution is 0.0976. The molecular weight excluding hydrogens is 181 g/mol. The van der Waals surface area contributed by atoms with Gasteiger partial charge in [0, 0.05) is 6.42 Å². The molecule has 0 aliphatic rings. The van der Waals surface area contributed by atoms with Crippen molar-refractivity contribution in [1.29, 1.82) is 0 Å². The molecule has 1 N–H and O–H groups in total. The number of hydrogen-bond donors (Lipinski definition) is 1. The number of rotatable bonds is 5. The van der Waals surface area contributed by atoms with Crippen LogP contribution in [0.2, 0.25) is 0 Å². The molecule has 0 amide bonds. The standard InChI is InChI=1S/C11H14FNO/c1-13-8-4-7-11(14)9-5-2-3-6-10(9)12/h2-3,5-6,13H,4,7-8H2,1H3. The molecule has 76 valence electrons. The second-order valence-electron chi connectivity index (χ2n) is 3.11. The molecule has 0 aliphatic carbocycles. The third kappa shape index (κ3) is 2.92. The Labute approximate surface area is 83.1 Å². The van der Waals surface area contributed by atoms with Gasteiger partial charge in [-0.3, -0.25) is 4.79 Å². The average Bonchev–Trinajstić information content (AvgIpc) is 2.18. The van der Waals surface area contributed by atoms with Crippen LogP contribution in [0.15, 0.2) is 24.3 Å². The van der Waals surface area contributed by atoms with E-state index in [1.165, 1.54) is 12.1 Å². The predicted octanol–water partition coefficient (Wildman–Crippen LogP) is 2.01. The fourth-order valence-corrected chi connectivity index (χ4v) is 1.25. The van der Waals surface area contributed by atoms with Crippen LogP contribution in [0.1, 0.15) is 23.2 Å². The van der Waals surface area contributed by atoms with Crippen molar-refractivity contribution in [3.63, 3.8) is 0 Å². The number of nitrogens with one attached hydrogen (secondary N) is 1. The van der Waals surface area contributed by atoms with Crippen LogP contribution in [-0.2, 0) is 0 Å². The van der Waals surface area contributed by atoms with Gasteiger partial charge < -0.3 is 5.32 Å². The highest BCUT2D eigenvalue weighted by Gasteiger charge is 2.09. The van der Waals surface area contributed by atoms with E-state index >= 15 is 0 Å². The van der Waals surface area contributed by atoms with E-state index < -0.39 is 5.82 Å². The maximum Gasteiger partial charge on any atom is 0.165 e. The minimum absolute atomic E-state index is 0.127. The van der Waals surface area contributed by atoms with Gasteiger partial charge in [-0.1, -0.05) is 12.1 Å². The van der Waals surface area contributed by atoms with Crippen molar-refractivity contribution in [2.45, 2.75) is 12.8 Å². The zero-order chi connectivity index (χ0) is 10.4. The monoisotopic (exact) mass is 195 g/mol. The summed E-state index contributed by atoms with van der Waals surface area (Å²) in [4.78, 5) is 11.5. The summed E-state index contributed by atoms with van der Waals surface area (Å²) < 4.78 is 13.1. The van der Waals surface area contributed by atoms with Crippen molar-refractivity contribution in [2.75, 3.05) is 13.6 Å². The Hall–Kier alpha value is -1.22. The molecule has 14 heavy (non-hydrogen) atoms. The van der Waals surface area contributed by atoms with Gasteiger partial charge >= 0.3 is 0 Å². The van der Waals surface area contributed by atoms with Gasteiger partial charge in [-0.15, -0.1) is 0 Å². The van der Waals surface area contributed by atoms with Crippen molar-refractivity contribution < 1.29 is 9.18 Å². The number of Topliss-reactive ketones (excluding diaryl/α,β-unsaturated/α-hetero) is 1. The summed E-state index contributed by atoms with van der Waals surface area (Å²) in [5.41, 5.74) is 0.198. The second-order valence-corrected chi connectivity index (χ2v) is 3.11. The highest BCUT2D eigenvalue weighted by molar-refractivity contribution is 5.96. The average molecular weight is 195 g/mol. The highest BCUT2D eigenvalue weighted by Crippen LogP contribution is 2.09. The van der Waals surface area contributed by atoms with E-state index in [0.717, 1.165) is 13.0 Å². The molecule has 0 radical (unpaired) electrons. The number of hydrogen-bond acceptors (Lipinski definition) is 2. The minimum atomic E-state index is -0.429. The first-order valence-electron chi connectivity index (χ1n) is 4.68. The van der Waals surface area contributed by atoms with E-state index in [2.05, 4.69) is 5.32 Å². The number of halogens is 1. The molecule has 2 nitrogen and oxygen atoms in total.